The van der Waals surface area contributed by atoms with Gasteiger partial charge in [-0.2, -0.15) is 5.10 Å². The van der Waals surface area contributed by atoms with Crippen LogP contribution in [-0.2, 0) is 9.53 Å². The van der Waals surface area contributed by atoms with Gasteiger partial charge in [0.1, 0.15) is 19.0 Å². The zero-order chi connectivity index (χ0) is 27.5. The second kappa shape index (κ2) is 13.7. The number of hydrogen-bond acceptors (Lipinski definition) is 9. The third kappa shape index (κ3) is 7.26. The van der Waals surface area contributed by atoms with Crippen LogP contribution in [0.3, 0.4) is 0 Å². The quantitative estimate of drug-likeness (QED) is 0.103. The third-order valence-electron chi connectivity index (χ3n) is 5.37. The molecule has 0 aliphatic carbocycles. The Morgan fingerprint density at radius 3 is 2.71 bits per heavy atom. The van der Waals surface area contributed by atoms with E-state index in [4.69, 9.17) is 18.9 Å². The fourth-order valence-corrected chi connectivity index (χ4v) is 3.68. The van der Waals surface area contributed by atoms with E-state index in [1.807, 2.05) is 31.2 Å². The Kier molecular flexibility index (Phi) is 10.1. The monoisotopic (exact) mass is 524 g/mol. The number of urea groups is 1. The minimum atomic E-state index is -1.12. The van der Waals surface area contributed by atoms with E-state index in [0.29, 0.717) is 41.7 Å². The molecule has 0 saturated carbocycles. The van der Waals surface area contributed by atoms with Crippen molar-refractivity contribution in [2.75, 3.05) is 26.9 Å². The number of benzene rings is 2. The zero-order valence-corrected chi connectivity index (χ0v) is 21.5. The highest BCUT2D eigenvalue weighted by molar-refractivity contribution is 5.95. The molecule has 2 amide bonds. The summed E-state index contributed by atoms with van der Waals surface area (Å²) in [6.45, 7) is 7.64. The van der Waals surface area contributed by atoms with E-state index in [0.717, 1.165) is 5.56 Å². The Labute approximate surface area is 221 Å². The predicted octanol–water partition coefficient (Wildman–Crippen LogP) is 2.77. The van der Waals surface area contributed by atoms with Gasteiger partial charge in [0.2, 0.25) is 0 Å². The second-order valence-electron chi connectivity index (χ2n) is 8.05. The van der Waals surface area contributed by atoms with Crippen LogP contribution in [0.5, 0.6) is 17.2 Å². The van der Waals surface area contributed by atoms with Gasteiger partial charge in [-0.15, -0.1) is 0 Å². The summed E-state index contributed by atoms with van der Waals surface area (Å²) in [6.07, 6.45) is 2.06. The first-order chi connectivity index (χ1) is 18.4. The number of para-hydroxylation sites is 1. The fraction of sp³-hybridized carbons (Fsp3) is 0.296. The van der Waals surface area contributed by atoms with Gasteiger partial charge in [-0.1, -0.05) is 30.9 Å². The molecule has 0 saturated heterocycles. The fourth-order valence-electron chi connectivity index (χ4n) is 3.68. The number of esters is 1. The molecule has 0 fully saturated rings. The second-order valence-corrected chi connectivity index (χ2v) is 8.05. The maximum atomic E-state index is 12.4. The predicted molar refractivity (Wildman–Crippen MR) is 141 cm³/mol. The summed E-state index contributed by atoms with van der Waals surface area (Å²) in [4.78, 5) is 24.5. The van der Waals surface area contributed by atoms with Gasteiger partial charge in [0.05, 0.1) is 31.5 Å². The number of hydrazone groups is 1. The Hall–Kier alpha value is -4.51. The molecule has 1 heterocycles. The first-order valence-corrected chi connectivity index (χ1v) is 11.9. The average molecular weight is 525 g/mol. The number of rotatable bonds is 13. The highest BCUT2D eigenvalue weighted by Gasteiger charge is 2.32. The largest absolute Gasteiger partial charge is 0.490 e. The molecule has 0 bridgehead atoms. The standard InChI is InChI=1S/C27H32N4O7/c1-5-13-37-20-10-8-7-9-19(20)15-28-31-23(32)16-38-21-12-11-18(14-22(21)36-6-2)25-24(26(33)35-4)17(3)29-27(34)30-25/h5,7-12,14-15,23,25,31-32H,1,6,13,16H2,2-4H3,(H2,29,30,34)/b28-15-/t23-,25+/m1/s1. The number of aliphatic hydroxyl groups is 1. The van der Waals surface area contributed by atoms with E-state index in [9.17, 15) is 14.7 Å². The molecule has 2 aromatic rings. The van der Waals surface area contributed by atoms with Crippen LogP contribution in [-0.4, -0.2) is 56.5 Å². The molecule has 11 nitrogen and oxygen atoms in total. The summed E-state index contributed by atoms with van der Waals surface area (Å²) in [5.41, 5.74) is 4.60. The number of carbonyl (C=O) groups is 2. The van der Waals surface area contributed by atoms with Crippen molar-refractivity contribution in [3.05, 3.63) is 77.5 Å². The Balaban J connectivity index is 1.69. The van der Waals surface area contributed by atoms with Crippen LogP contribution in [0, 0.1) is 0 Å². The van der Waals surface area contributed by atoms with E-state index >= 15 is 0 Å². The topological polar surface area (TPSA) is 140 Å². The number of ether oxygens (including phenoxy) is 4. The molecule has 38 heavy (non-hydrogen) atoms. The van der Waals surface area contributed by atoms with Gasteiger partial charge in [-0.25, -0.2) is 9.59 Å². The Morgan fingerprint density at radius 1 is 1.18 bits per heavy atom. The van der Waals surface area contributed by atoms with Crippen molar-refractivity contribution in [3.63, 3.8) is 0 Å². The molecule has 11 heteroatoms. The SMILES string of the molecule is C=CCOc1ccccc1/C=N\N[C@H](O)COc1ccc([C@@H]2NC(=O)NC(C)=C2C(=O)OC)cc1OCC. The number of allylic oxidation sites excluding steroid dienone is 1. The number of methoxy groups -OCH3 is 1. The van der Waals surface area contributed by atoms with Crippen LogP contribution < -0.4 is 30.3 Å². The van der Waals surface area contributed by atoms with Gasteiger partial charge in [0.25, 0.3) is 0 Å². The van der Waals surface area contributed by atoms with Crippen LogP contribution in [0.4, 0.5) is 4.79 Å². The van der Waals surface area contributed by atoms with Crippen molar-refractivity contribution in [1.82, 2.24) is 16.1 Å². The molecule has 0 aromatic heterocycles. The molecule has 4 N–H and O–H groups in total. The van der Waals surface area contributed by atoms with E-state index in [1.165, 1.54) is 13.3 Å². The van der Waals surface area contributed by atoms with Crippen molar-refractivity contribution in [2.24, 2.45) is 5.10 Å². The molecular formula is C27H32N4O7. The lowest BCUT2D eigenvalue weighted by Crippen LogP contribution is -2.45. The number of carbonyl (C=O) groups excluding carboxylic acids is 2. The summed E-state index contributed by atoms with van der Waals surface area (Å²) in [6, 6.07) is 11.2. The molecule has 0 unspecified atom stereocenters. The van der Waals surface area contributed by atoms with Gasteiger partial charge < -0.3 is 34.7 Å². The zero-order valence-electron chi connectivity index (χ0n) is 21.5. The summed E-state index contributed by atoms with van der Waals surface area (Å²) < 4.78 is 22.0. The number of amides is 2. The normalized spacial score (nSPS) is 15.8. The number of nitrogens with zero attached hydrogens (tertiary/aromatic N) is 1. The molecule has 2 aromatic carbocycles. The van der Waals surface area contributed by atoms with Crippen LogP contribution in [0.2, 0.25) is 0 Å². The minimum Gasteiger partial charge on any atom is -0.490 e. The molecule has 202 valence electrons. The van der Waals surface area contributed by atoms with Gasteiger partial charge >= 0.3 is 12.0 Å². The summed E-state index contributed by atoms with van der Waals surface area (Å²) in [5, 5.41) is 19.7. The van der Waals surface area contributed by atoms with Crippen molar-refractivity contribution in [2.45, 2.75) is 26.1 Å². The first-order valence-electron chi connectivity index (χ1n) is 11.9. The third-order valence-corrected chi connectivity index (χ3v) is 5.37. The van der Waals surface area contributed by atoms with Crippen molar-refractivity contribution < 1.29 is 33.6 Å². The number of hydrogen-bond donors (Lipinski definition) is 4. The lowest BCUT2D eigenvalue weighted by molar-refractivity contribution is -0.136. The van der Waals surface area contributed by atoms with E-state index in [-0.39, 0.29) is 12.2 Å². The lowest BCUT2D eigenvalue weighted by Gasteiger charge is -2.28. The molecular weight excluding hydrogens is 492 g/mol. The molecule has 1 aliphatic heterocycles. The minimum absolute atomic E-state index is 0.137. The average Bonchev–Trinajstić information content (AvgIpc) is 2.91. The molecule has 1 aliphatic rings. The number of nitrogens with one attached hydrogen (secondary N) is 3. The molecule has 0 spiro atoms. The summed E-state index contributed by atoms with van der Waals surface area (Å²) in [5.74, 6) is 0.811. The lowest BCUT2D eigenvalue weighted by atomic mass is 9.95. The Bertz CT molecular complexity index is 1210. The molecule has 0 radical (unpaired) electrons. The van der Waals surface area contributed by atoms with Gasteiger partial charge in [-0.05, 0) is 43.7 Å². The molecule has 2 atom stereocenters. The maximum absolute atomic E-state index is 12.4. The number of aliphatic hydroxyl groups excluding tert-OH is 1. The van der Waals surface area contributed by atoms with Gasteiger partial charge in [0.15, 0.2) is 17.7 Å². The van der Waals surface area contributed by atoms with Crippen molar-refractivity contribution in [1.29, 1.82) is 0 Å². The van der Waals surface area contributed by atoms with E-state index in [2.05, 4.69) is 27.7 Å². The molecule has 3 rings (SSSR count). The smallest absolute Gasteiger partial charge is 0.337 e. The summed E-state index contributed by atoms with van der Waals surface area (Å²) in [7, 11) is 1.28. The summed E-state index contributed by atoms with van der Waals surface area (Å²) >= 11 is 0. The van der Waals surface area contributed by atoms with Gasteiger partial charge in [-0.3, -0.25) is 5.43 Å². The highest BCUT2D eigenvalue weighted by Crippen LogP contribution is 2.34. The van der Waals surface area contributed by atoms with E-state index in [1.54, 1.807) is 31.2 Å². The Morgan fingerprint density at radius 2 is 1.97 bits per heavy atom. The first kappa shape index (κ1) is 28.1. The van der Waals surface area contributed by atoms with Crippen LogP contribution in [0.1, 0.15) is 31.0 Å². The van der Waals surface area contributed by atoms with Crippen molar-refractivity contribution in [3.8, 4) is 17.2 Å². The van der Waals surface area contributed by atoms with Crippen molar-refractivity contribution >= 4 is 18.2 Å². The van der Waals surface area contributed by atoms with Crippen LogP contribution >= 0.6 is 0 Å². The van der Waals surface area contributed by atoms with Crippen LogP contribution in [0.15, 0.2) is 71.5 Å². The van der Waals surface area contributed by atoms with Gasteiger partial charge in [0, 0.05) is 11.3 Å². The maximum Gasteiger partial charge on any atom is 0.337 e. The highest BCUT2D eigenvalue weighted by atomic mass is 16.5. The van der Waals surface area contributed by atoms with E-state index < -0.39 is 24.3 Å². The van der Waals surface area contributed by atoms with Crippen LogP contribution in [0.25, 0.3) is 0 Å².